The fourth-order valence-corrected chi connectivity index (χ4v) is 8.13. The van der Waals surface area contributed by atoms with Gasteiger partial charge >= 0.3 is 0 Å². The first-order chi connectivity index (χ1) is 8.29. The Kier molecular flexibility index (Phi) is 7.50. The van der Waals surface area contributed by atoms with Crippen molar-refractivity contribution in [2.24, 2.45) is 0 Å². The van der Waals surface area contributed by atoms with Crippen molar-refractivity contribution < 1.29 is 0 Å². The maximum Gasteiger partial charge on any atom is 0.0592 e. The second-order valence-electron chi connectivity index (χ2n) is 5.92. The topological polar surface area (TPSA) is 0 Å². The highest BCUT2D eigenvalue weighted by Gasteiger charge is 2.35. The molecule has 1 rings (SSSR count). The van der Waals surface area contributed by atoms with Crippen LogP contribution < -0.4 is 0 Å². The molecule has 1 radical (unpaired) electrons. The Morgan fingerprint density at radius 2 is 1.00 bits per heavy atom. The van der Waals surface area contributed by atoms with Crippen LogP contribution in [0.1, 0.15) is 78.6 Å². The number of hydrogen-bond donors (Lipinski definition) is 0. The lowest BCUT2D eigenvalue weighted by Gasteiger charge is -2.37. The van der Waals surface area contributed by atoms with Crippen molar-refractivity contribution in [3.05, 3.63) is 5.54 Å². The van der Waals surface area contributed by atoms with Gasteiger partial charge in [-0.3, -0.25) is 0 Å². The van der Waals surface area contributed by atoms with Crippen LogP contribution in [0.15, 0.2) is 0 Å². The molecule has 1 aliphatic rings. The van der Waals surface area contributed by atoms with Gasteiger partial charge in [-0.2, -0.15) is 0 Å². The molecule has 0 aromatic carbocycles. The van der Waals surface area contributed by atoms with Crippen LogP contribution in [0.25, 0.3) is 0 Å². The molecule has 0 amide bonds. The van der Waals surface area contributed by atoms with Crippen LogP contribution in [-0.2, 0) is 0 Å². The van der Waals surface area contributed by atoms with E-state index in [-0.39, 0.29) is 0 Å². The molecular formula is C16H33Si. The lowest BCUT2D eigenvalue weighted by Crippen LogP contribution is -2.40. The van der Waals surface area contributed by atoms with Gasteiger partial charge in [-0.25, -0.2) is 0 Å². The van der Waals surface area contributed by atoms with Crippen molar-refractivity contribution >= 4 is 8.07 Å². The van der Waals surface area contributed by atoms with Crippen LogP contribution in [-0.4, -0.2) is 8.07 Å². The molecule has 0 bridgehead atoms. The molecule has 17 heavy (non-hydrogen) atoms. The van der Waals surface area contributed by atoms with E-state index < -0.39 is 8.07 Å². The maximum absolute atomic E-state index is 2.46. The van der Waals surface area contributed by atoms with Crippen molar-refractivity contribution in [3.8, 4) is 0 Å². The molecule has 1 fully saturated rings. The van der Waals surface area contributed by atoms with E-state index in [4.69, 9.17) is 0 Å². The monoisotopic (exact) mass is 253 g/mol. The van der Waals surface area contributed by atoms with Crippen LogP contribution in [0.5, 0.6) is 0 Å². The highest BCUT2D eigenvalue weighted by Crippen LogP contribution is 2.38. The molecule has 0 saturated heterocycles. The minimum absolute atomic E-state index is 0.993. The van der Waals surface area contributed by atoms with Crippen LogP contribution in [0, 0.1) is 5.54 Å². The summed E-state index contributed by atoms with van der Waals surface area (Å²) in [6.45, 7) is 7.39. The Morgan fingerprint density at radius 1 is 0.647 bits per heavy atom. The van der Waals surface area contributed by atoms with E-state index in [1.54, 1.807) is 0 Å². The van der Waals surface area contributed by atoms with Crippen molar-refractivity contribution in [1.82, 2.24) is 0 Å². The van der Waals surface area contributed by atoms with E-state index in [2.05, 4.69) is 26.3 Å². The predicted octanol–water partition coefficient (Wildman–Crippen LogP) is 6.13. The van der Waals surface area contributed by atoms with Crippen LogP contribution in [0.4, 0.5) is 0 Å². The zero-order valence-electron chi connectivity index (χ0n) is 12.5. The van der Waals surface area contributed by atoms with Gasteiger partial charge in [-0.1, -0.05) is 83.8 Å². The maximum atomic E-state index is 2.46. The molecule has 0 N–H and O–H groups in total. The highest BCUT2D eigenvalue weighted by molar-refractivity contribution is 6.84. The van der Waals surface area contributed by atoms with E-state index in [9.17, 15) is 0 Å². The SMILES string of the molecule is CC[Si](CC)(CC)[C]1CCCCCCCCC1. The zero-order valence-corrected chi connectivity index (χ0v) is 13.5. The van der Waals surface area contributed by atoms with Crippen molar-refractivity contribution in [1.29, 1.82) is 0 Å². The summed E-state index contributed by atoms with van der Waals surface area (Å²) in [5.41, 5.74) is 2.06. The van der Waals surface area contributed by atoms with Crippen LogP contribution >= 0.6 is 0 Å². The van der Waals surface area contributed by atoms with Crippen molar-refractivity contribution in [3.63, 3.8) is 0 Å². The van der Waals surface area contributed by atoms with Crippen LogP contribution in [0.2, 0.25) is 18.1 Å². The summed E-state index contributed by atoms with van der Waals surface area (Å²) in [6, 6.07) is 4.49. The lowest BCUT2D eigenvalue weighted by atomic mass is 10.0. The van der Waals surface area contributed by atoms with Gasteiger partial charge in [0.2, 0.25) is 0 Å². The molecule has 0 aliphatic heterocycles. The molecule has 1 aliphatic carbocycles. The van der Waals surface area contributed by atoms with E-state index >= 15 is 0 Å². The predicted molar refractivity (Wildman–Crippen MR) is 82.0 cm³/mol. The Hall–Kier alpha value is 0.217. The number of hydrogen-bond acceptors (Lipinski definition) is 0. The first-order valence-electron chi connectivity index (χ1n) is 8.14. The third kappa shape index (κ3) is 4.42. The molecule has 0 spiro atoms. The largest absolute Gasteiger partial charge is 0.0678 e. The molecule has 1 heteroatoms. The third-order valence-corrected chi connectivity index (χ3v) is 11.3. The minimum atomic E-state index is -0.993. The molecule has 0 aromatic rings. The Bertz CT molecular complexity index is 166. The van der Waals surface area contributed by atoms with Gasteiger partial charge in [0.05, 0.1) is 8.07 Å². The van der Waals surface area contributed by atoms with Gasteiger partial charge in [-0.15, -0.1) is 0 Å². The third-order valence-electron chi connectivity index (χ3n) is 5.24. The molecule has 0 aromatic heterocycles. The summed E-state index contributed by atoms with van der Waals surface area (Å²) < 4.78 is 0. The Morgan fingerprint density at radius 3 is 1.35 bits per heavy atom. The fraction of sp³-hybridized carbons (Fsp3) is 0.938. The Labute approximate surface area is 111 Å². The van der Waals surface area contributed by atoms with Crippen molar-refractivity contribution in [2.45, 2.75) is 96.7 Å². The fourth-order valence-electron chi connectivity index (χ4n) is 3.72. The summed E-state index contributed by atoms with van der Waals surface area (Å²) >= 11 is 0. The van der Waals surface area contributed by atoms with E-state index in [1.165, 1.54) is 75.9 Å². The van der Waals surface area contributed by atoms with Gasteiger partial charge in [0.1, 0.15) is 0 Å². The van der Waals surface area contributed by atoms with E-state index in [1.807, 2.05) is 0 Å². The molecule has 0 heterocycles. The molecule has 0 atom stereocenters. The van der Waals surface area contributed by atoms with Gasteiger partial charge in [-0.05, 0) is 18.4 Å². The second-order valence-corrected chi connectivity index (χ2v) is 11.3. The molecule has 101 valence electrons. The van der Waals surface area contributed by atoms with E-state index in [0.29, 0.717) is 0 Å². The van der Waals surface area contributed by atoms with E-state index in [0.717, 1.165) is 0 Å². The first-order valence-corrected chi connectivity index (χ1v) is 10.8. The highest BCUT2D eigenvalue weighted by atomic mass is 28.3. The average molecular weight is 254 g/mol. The standard InChI is InChI=1S/C16H33Si/c1-4-17(5-2,6-3)16-14-12-10-8-7-9-11-13-15-16/h4-15H2,1-3H3. The summed E-state index contributed by atoms with van der Waals surface area (Å²) in [5.74, 6) is 0. The summed E-state index contributed by atoms with van der Waals surface area (Å²) in [5, 5.41) is 0. The molecular weight excluding hydrogens is 220 g/mol. The van der Waals surface area contributed by atoms with Crippen molar-refractivity contribution in [2.75, 3.05) is 0 Å². The van der Waals surface area contributed by atoms with Crippen LogP contribution in [0.3, 0.4) is 0 Å². The molecule has 0 unspecified atom stereocenters. The molecule has 0 nitrogen and oxygen atoms in total. The van der Waals surface area contributed by atoms with Gasteiger partial charge in [0.25, 0.3) is 0 Å². The first kappa shape index (κ1) is 15.3. The van der Waals surface area contributed by atoms with Gasteiger partial charge < -0.3 is 0 Å². The average Bonchev–Trinajstić information content (AvgIpc) is 2.39. The quantitative estimate of drug-likeness (QED) is 0.528. The smallest absolute Gasteiger partial charge is 0.0592 e. The number of rotatable bonds is 4. The molecule has 1 saturated carbocycles. The summed E-state index contributed by atoms with van der Waals surface area (Å²) in [7, 11) is -0.993. The zero-order chi connectivity index (χ0) is 12.6. The second kappa shape index (κ2) is 8.34. The summed E-state index contributed by atoms with van der Waals surface area (Å²) in [4.78, 5) is 0. The normalized spacial score (nSPS) is 21.4. The lowest BCUT2D eigenvalue weighted by molar-refractivity contribution is 0.536. The van der Waals surface area contributed by atoms with Gasteiger partial charge in [0, 0.05) is 0 Å². The minimum Gasteiger partial charge on any atom is -0.0678 e. The Balaban J connectivity index is 2.61. The van der Waals surface area contributed by atoms with Gasteiger partial charge in [0.15, 0.2) is 0 Å². The summed E-state index contributed by atoms with van der Waals surface area (Å²) in [6.07, 6.45) is 13.4.